The Kier molecular flexibility index (Phi) is 7.45. The first-order valence-electron chi connectivity index (χ1n) is 4.94. The smallest absolute Gasteiger partial charge is 0.0599 e. The van der Waals surface area contributed by atoms with E-state index in [2.05, 4.69) is 17.1 Å². The van der Waals surface area contributed by atoms with Crippen molar-refractivity contribution in [2.45, 2.75) is 26.8 Å². The summed E-state index contributed by atoms with van der Waals surface area (Å²) >= 11 is 0. The van der Waals surface area contributed by atoms with Gasteiger partial charge in [-0.15, -0.1) is 0 Å². The molecular weight excluding hydrogens is 152 g/mol. The molecule has 1 fully saturated rings. The van der Waals surface area contributed by atoms with E-state index in [1.165, 1.54) is 0 Å². The summed E-state index contributed by atoms with van der Waals surface area (Å²) in [7, 11) is 0. The predicted octanol–water partition coefficient (Wildman–Crippen LogP) is 0.299. The first-order chi connectivity index (χ1) is 5.88. The van der Waals surface area contributed by atoms with Crippen molar-refractivity contribution >= 4 is 0 Å². The second-order valence-electron chi connectivity index (χ2n) is 2.67. The van der Waals surface area contributed by atoms with Crippen LogP contribution in [0.2, 0.25) is 0 Å². The molecule has 1 atom stereocenters. The van der Waals surface area contributed by atoms with E-state index in [1.807, 2.05) is 13.8 Å². The fourth-order valence-electron chi connectivity index (χ4n) is 1.40. The Bertz CT molecular complexity index is 86.5. The van der Waals surface area contributed by atoms with Crippen molar-refractivity contribution in [2.75, 3.05) is 32.8 Å². The van der Waals surface area contributed by atoms with Crippen LogP contribution in [0.25, 0.3) is 0 Å². The number of rotatable bonds is 2. The molecule has 0 spiro atoms. The molecule has 1 aliphatic rings. The molecule has 0 aromatic heterocycles. The quantitative estimate of drug-likeness (QED) is 0.632. The molecule has 74 valence electrons. The molecular formula is C9H22N2O. The topological polar surface area (TPSA) is 35.5 Å². The van der Waals surface area contributed by atoms with Gasteiger partial charge in [0.05, 0.1) is 6.61 Å². The first-order valence-corrected chi connectivity index (χ1v) is 4.94. The van der Waals surface area contributed by atoms with Crippen molar-refractivity contribution in [1.82, 2.24) is 10.2 Å². The molecule has 1 rings (SSSR count). The van der Waals surface area contributed by atoms with Crippen LogP contribution in [0.5, 0.6) is 0 Å². The summed E-state index contributed by atoms with van der Waals surface area (Å²) in [4.78, 5) is 2.30. The zero-order valence-corrected chi connectivity index (χ0v) is 8.51. The third-order valence-electron chi connectivity index (χ3n) is 2.09. The van der Waals surface area contributed by atoms with Gasteiger partial charge in [0, 0.05) is 25.7 Å². The van der Waals surface area contributed by atoms with Crippen LogP contribution in [0, 0.1) is 0 Å². The van der Waals surface area contributed by atoms with E-state index in [4.69, 9.17) is 5.11 Å². The summed E-state index contributed by atoms with van der Waals surface area (Å²) in [6, 6.07) is 0.346. The van der Waals surface area contributed by atoms with Crippen molar-refractivity contribution in [3.05, 3.63) is 0 Å². The number of aliphatic hydroxyl groups is 1. The maximum absolute atomic E-state index is 8.91. The molecule has 1 unspecified atom stereocenters. The number of aliphatic hydroxyl groups excluding tert-OH is 1. The Morgan fingerprint density at radius 3 is 2.58 bits per heavy atom. The van der Waals surface area contributed by atoms with Gasteiger partial charge in [-0.05, 0) is 6.54 Å². The maximum atomic E-state index is 8.91. The van der Waals surface area contributed by atoms with Gasteiger partial charge in [0.1, 0.15) is 0 Å². The first kappa shape index (κ1) is 11.9. The number of likely N-dealkylation sites (N-methyl/N-ethyl adjacent to an activating group) is 1. The van der Waals surface area contributed by atoms with Crippen LogP contribution in [-0.4, -0.2) is 48.8 Å². The molecule has 0 aromatic carbocycles. The minimum absolute atomic E-state index is 0.279. The van der Waals surface area contributed by atoms with Crippen LogP contribution in [0.3, 0.4) is 0 Å². The average molecular weight is 174 g/mol. The Morgan fingerprint density at radius 1 is 1.50 bits per heavy atom. The SMILES string of the molecule is CC.CCN1CCNCC1CO. The fraction of sp³-hybridized carbons (Fsp3) is 1.00. The van der Waals surface area contributed by atoms with Gasteiger partial charge in [0.15, 0.2) is 0 Å². The molecule has 2 N–H and O–H groups in total. The second kappa shape index (κ2) is 7.53. The van der Waals surface area contributed by atoms with Crippen molar-refractivity contribution in [3.8, 4) is 0 Å². The molecule has 0 saturated carbocycles. The molecule has 12 heavy (non-hydrogen) atoms. The summed E-state index contributed by atoms with van der Waals surface area (Å²) in [6.45, 7) is 10.5. The lowest BCUT2D eigenvalue weighted by Crippen LogP contribution is -2.52. The molecule has 1 aliphatic heterocycles. The van der Waals surface area contributed by atoms with Crippen molar-refractivity contribution in [2.24, 2.45) is 0 Å². The standard InChI is InChI=1S/C7H16N2O.C2H6/c1-2-9-4-3-8-5-7(9)6-10;1-2/h7-8,10H,2-6H2,1H3;1-2H3. The zero-order chi connectivity index (χ0) is 9.40. The van der Waals surface area contributed by atoms with E-state index in [0.29, 0.717) is 6.04 Å². The van der Waals surface area contributed by atoms with Crippen LogP contribution in [0.4, 0.5) is 0 Å². The Morgan fingerprint density at radius 2 is 2.17 bits per heavy atom. The average Bonchev–Trinajstić information content (AvgIpc) is 2.20. The van der Waals surface area contributed by atoms with Crippen LogP contribution in [0.15, 0.2) is 0 Å². The monoisotopic (exact) mass is 174 g/mol. The van der Waals surface area contributed by atoms with E-state index >= 15 is 0 Å². The highest BCUT2D eigenvalue weighted by atomic mass is 16.3. The van der Waals surface area contributed by atoms with Crippen molar-refractivity contribution in [1.29, 1.82) is 0 Å². The van der Waals surface area contributed by atoms with Gasteiger partial charge in [0.25, 0.3) is 0 Å². The molecule has 0 amide bonds. The number of hydrogen-bond acceptors (Lipinski definition) is 3. The lowest BCUT2D eigenvalue weighted by atomic mass is 10.2. The molecule has 0 bridgehead atoms. The largest absolute Gasteiger partial charge is 0.395 e. The van der Waals surface area contributed by atoms with E-state index in [0.717, 1.165) is 26.2 Å². The molecule has 1 saturated heterocycles. The molecule has 0 aliphatic carbocycles. The van der Waals surface area contributed by atoms with Gasteiger partial charge in [-0.25, -0.2) is 0 Å². The van der Waals surface area contributed by atoms with Crippen LogP contribution in [-0.2, 0) is 0 Å². The Labute approximate surface area is 75.8 Å². The van der Waals surface area contributed by atoms with Crippen molar-refractivity contribution < 1.29 is 5.11 Å². The number of nitrogens with one attached hydrogen (secondary N) is 1. The van der Waals surface area contributed by atoms with E-state index in [9.17, 15) is 0 Å². The predicted molar refractivity (Wildman–Crippen MR) is 52.3 cm³/mol. The summed E-state index contributed by atoms with van der Waals surface area (Å²) in [5, 5.41) is 12.2. The molecule has 3 nitrogen and oxygen atoms in total. The zero-order valence-electron chi connectivity index (χ0n) is 8.51. The number of piperazine rings is 1. The maximum Gasteiger partial charge on any atom is 0.0599 e. The molecule has 0 radical (unpaired) electrons. The third kappa shape index (κ3) is 3.52. The number of nitrogens with zero attached hydrogens (tertiary/aromatic N) is 1. The highest BCUT2D eigenvalue weighted by Gasteiger charge is 2.18. The van der Waals surface area contributed by atoms with Gasteiger partial charge in [0.2, 0.25) is 0 Å². The second-order valence-corrected chi connectivity index (χ2v) is 2.67. The number of hydrogen-bond donors (Lipinski definition) is 2. The minimum Gasteiger partial charge on any atom is -0.395 e. The van der Waals surface area contributed by atoms with Crippen molar-refractivity contribution in [3.63, 3.8) is 0 Å². The summed E-state index contributed by atoms with van der Waals surface area (Å²) in [5.74, 6) is 0. The van der Waals surface area contributed by atoms with Gasteiger partial charge >= 0.3 is 0 Å². The van der Waals surface area contributed by atoms with Gasteiger partial charge in [-0.3, -0.25) is 4.90 Å². The fourth-order valence-corrected chi connectivity index (χ4v) is 1.40. The van der Waals surface area contributed by atoms with Gasteiger partial charge < -0.3 is 10.4 Å². The lowest BCUT2D eigenvalue weighted by Gasteiger charge is -2.33. The molecule has 1 heterocycles. The van der Waals surface area contributed by atoms with Crippen LogP contribution >= 0.6 is 0 Å². The highest BCUT2D eigenvalue weighted by Crippen LogP contribution is 2.00. The highest BCUT2D eigenvalue weighted by molar-refractivity contribution is 4.77. The van der Waals surface area contributed by atoms with Crippen LogP contribution < -0.4 is 5.32 Å². The summed E-state index contributed by atoms with van der Waals surface area (Å²) in [6.07, 6.45) is 0. The Hall–Kier alpha value is -0.120. The molecule has 3 heteroatoms. The van der Waals surface area contributed by atoms with E-state index < -0.39 is 0 Å². The lowest BCUT2D eigenvalue weighted by molar-refractivity contribution is 0.106. The summed E-state index contributed by atoms with van der Waals surface area (Å²) in [5.41, 5.74) is 0. The minimum atomic E-state index is 0.279. The van der Waals surface area contributed by atoms with Gasteiger partial charge in [-0.1, -0.05) is 20.8 Å². The van der Waals surface area contributed by atoms with E-state index in [-0.39, 0.29) is 6.61 Å². The third-order valence-corrected chi connectivity index (χ3v) is 2.09. The summed E-state index contributed by atoms with van der Waals surface area (Å²) < 4.78 is 0. The van der Waals surface area contributed by atoms with Gasteiger partial charge in [-0.2, -0.15) is 0 Å². The van der Waals surface area contributed by atoms with E-state index in [1.54, 1.807) is 0 Å². The normalized spacial score (nSPS) is 24.5. The van der Waals surface area contributed by atoms with Crippen LogP contribution in [0.1, 0.15) is 20.8 Å². The Balaban J connectivity index is 0.000000561. The molecule has 0 aromatic rings.